The van der Waals surface area contributed by atoms with Gasteiger partial charge in [-0.1, -0.05) is 49.4 Å². The first-order valence-electron chi connectivity index (χ1n) is 7.46. The molecule has 1 N–H and O–H groups in total. The van der Waals surface area contributed by atoms with Crippen molar-refractivity contribution in [3.05, 3.63) is 65.7 Å². The first kappa shape index (κ1) is 16.7. The Balaban J connectivity index is 1.96. The number of sulfone groups is 1. The fourth-order valence-corrected chi connectivity index (χ4v) is 3.00. The largest absolute Gasteiger partial charge is 0.310 e. The third kappa shape index (κ3) is 4.42. The molecule has 0 radical (unpaired) electrons. The lowest BCUT2D eigenvalue weighted by atomic mass is 10.0. The van der Waals surface area contributed by atoms with Crippen molar-refractivity contribution in [2.75, 3.05) is 12.8 Å². The van der Waals surface area contributed by atoms with Gasteiger partial charge in [0, 0.05) is 18.8 Å². The summed E-state index contributed by atoms with van der Waals surface area (Å²) >= 11 is 0. The van der Waals surface area contributed by atoms with Gasteiger partial charge >= 0.3 is 0 Å². The maximum Gasteiger partial charge on any atom is 0.175 e. The van der Waals surface area contributed by atoms with Crippen molar-refractivity contribution in [2.24, 2.45) is 0 Å². The van der Waals surface area contributed by atoms with Gasteiger partial charge in [-0.3, -0.25) is 0 Å². The summed E-state index contributed by atoms with van der Waals surface area (Å²) in [5.74, 6) is 0.430. The fourth-order valence-electron chi connectivity index (χ4n) is 2.37. The molecule has 0 aliphatic heterocycles. The number of rotatable bonds is 6. The van der Waals surface area contributed by atoms with Gasteiger partial charge in [0.25, 0.3) is 0 Å². The summed E-state index contributed by atoms with van der Waals surface area (Å²) in [4.78, 5) is 0.362. The van der Waals surface area contributed by atoms with Crippen LogP contribution in [0.3, 0.4) is 0 Å². The Hall–Kier alpha value is -1.65. The maximum atomic E-state index is 11.5. The topological polar surface area (TPSA) is 46.2 Å². The average Bonchev–Trinajstić information content (AvgIpc) is 2.52. The maximum absolute atomic E-state index is 11.5. The molecule has 0 saturated carbocycles. The molecule has 2 unspecified atom stereocenters. The molecule has 4 heteroatoms. The first-order valence-corrected chi connectivity index (χ1v) is 9.35. The summed E-state index contributed by atoms with van der Waals surface area (Å²) in [6.45, 7) is 5.16. The molecule has 2 atom stereocenters. The molecular formula is C18H23NO2S. The van der Waals surface area contributed by atoms with Crippen LogP contribution < -0.4 is 5.32 Å². The number of benzene rings is 2. The Kier molecular flexibility index (Phi) is 5.37. The standard InChI is InChI=1S/C18H23NO2S/c1-14(16-7-5-4-6-8-16)13-19-15(2)17-9-11-18(12-10-17)22(3,20)21/h4-12,14-15,19H,13H2,1-3H3. The zero-order chi connectivity index (χ0) is 16.2. The molecule has 3 nitrogen and oxygen atoms in total. The van der Waals surface area contributed by atoms with E-state index in [2.05, 4.69) is 43.4 Å². The lowest BCUT2D eigenvalue weighted by Crippen LogP contribution is -2.23. The minimum absolute atomic E-state index is 0.180. The summed E-state index contributed by atoms with van der Waals surface area (Å²) in [6.07, 6.45) is 1.23. The zero-order valence-electron chi connectivity index (χ0n) is 13.3. The predicted molar refractivity (Wildman–Crippen MR) is 90.8 cm³/mol. The minimum Gasteiger partial charge on any atom is -0.310 e. The van der Waals surface area contributed by atoms with Crippen molar-refractivity contribution in [3.8, 4) is 0 Å². The lowest BCUT2D eigenvalue weighted by Gasteiger charge is -2.18. The van der Waals surface area contributed by atoms with Crippen LogP contribution in [-0.4, -0.2) is 21.2 Å². The molecule has 0 heterocycles. The molecule has 0 amide bonds. The van der Waals surface area contributed by atoms with Gasteiger partial charge in [-0.05, 0) is 36.1 Å². The summed E-state index contributed by atoms with van der Waals surface area (Å²) in [6, 6.07) is 17.7. The second kappa shape index (κ2) is 7.07. The normalized spacial score (nSPS) is 14.5. The smallest absolute Gasteiger partial charge is 0.175 e. The van der Waals surface area contributed by atoms with E-state index < -0.39 is 9.84 Å². The summed E-state index contributed by atoms with van der Waals surface area (Å²) in [5.41, 5.74) is 2.40. The number of nitrogens with one attached hydrogen (secondary N) is 1. The van der Waals surface area contributed by atoms with E-state index in [1.807, 2.05) is 18.2 Å². The second-order valence-corrected chi connectivity index (χ2v) is 7.80. The molecule has 0 aromatic heterocycles. The highest BCUT2D eigenvalue weighted by molar-refractivity contribution is 7.90. The molecule has 22 heavy (non-hydrogen) atoms. The molecule has 0 spiro atoms. The van der Waals surface area contributed by atoms with Crippen molar-refractivity contribution < 1.29 is 8.42 Å². The number of hydrogen-bond donors (Lipinski definition) is 1. The summed E-state index contributed by atoms with van der Waals surface area (Å²) in [5, 5.41) is 3.51. The third-order valence-corrected chi connectivity index (χ3v) is 5.04. The van der Waals surface area contributed by atoms with E-state index in [4.69, 9.17) is 0 Å². The molecule has 2 rings (SSSR count). The Morgan fingerprint density at radius 2 is 1.50 bits per heavy atom. The SMILES string of the molecule is CC(CNC(C)c1ccc(S(C)(=O)=O)cc1)c1ccccc1. The van der Waals surface area contributed by atoms with Crippen molar-refractivity contribution in [3.63, 3.8) is 0 Å². The van der Waals surface area contributed by atoms with Gasteiger partial charge in [0.15, 0.2) is 9.84 Å². The van der Waals surface area contributed by atoms with Gasteiger partial charge in [0.1, 0.15) is 0 Å². The van der Waals surface area contributed by atoms with E-state index in [0.717, 1.165) is 12.1 Å². The van der Waals surface area contributed by atoms with E-state index in [1.165, 1.54) is 11.8 Å². The molecule has 0 saturated heterocycles. The molecular weight excluding hydrogens is 294 g/mol. The molecule has 2 aromatic carbocycles. The first-order chi connectivity index (χ1) is 10.4. The zero-order valence-corrected chi connectivity index (χ0v) is 14.1. The van der Waals surface area contributed by atoms with Gasteiger partial charge in [-0.15, -0.1) is 0 Å². The van der Waals surface area contributed by atoms with Crippen LogP contribution in [0, 0.1) is 0 Å². The van der Waals surface area contributed by atoms with Crippen molar-refractivity contribution in [1.29, 1.82) is 0 Å². The molecule has 0 fully saturated rings. The van der Waals surface area contributed by atoms with Crippen LogP contribution in [0.4, 0.5) is 0 Å². The predicted octanol–water partition coefficient (Wildman–Crippen LogP) is 3.54. The lowest BCUT2D eigenvalue weighted by molar-refractivity contribution is 0.537. The van der Waals surface area contributed by atoms with Gasteiger partial charge < -0.3 is 5.32 Å². The van der Waals surface area contributed by atoms with Gasteiger partial charge in [0.05, 0.1) is 4.90 Å². The van der Waals surface area contributed by atoms with Crippen LogP contribution >= 0.6 is 0 Å². The summed E-state index contributed by atoms with van der Waals surface area (Å²) in [7, 11) is -3.13. The van der Waals surface area contributed by atoms with Crippen LogP contribution in [0.25, 0.3) is 0 Å². The molecule has 0 aliphatic rings. The van der Waals surface area contributed by atoms with Crippen LogP contribution in [-0.2, 0) is 9.84 Å². The van der Waals surface area contributed by atoms with E-state index in [0.29, 0.717) is 10.8 Å². The fraction of sp³-hybridized carbons (Fsp3) is 0.333. The Morgan fingerprint density at radius 3 is 2.05 bits per heavy atom. The monoisotopic (exact) mass is 317 g/mol. The van der Waals surface area contributed by atoms with Crippen LogP contribution in [0.15, 0.2) is 59.5 Å². The Labute approximate surface area is 133 Å². The summed E-state index contributed by atoms with van der Waals surface area (Å²) < 4.78 is 22.9. The minimum atomic E-state index is -3.13. The van der Waals surface area contributed by atoms with Crippen molar-refractivity contribution in [2.45, 2.75) is 30.7 Å². The Morgan fingerprint density at radius 1 is 0.909 bits per heavy atom. The van der Waals surface area contributed by atoms with Crippen LogP contribution in [0.2, 0.25) is 0 Å². The van der Waals surface area contributed by atoms with Gasteiger partial charge in [-0.25, -0.2) is 8.42 Å². The van der Waals surface area contributed by atoms with Crippen LogP contribution in [0.5, 0.6) is 0 Å². The van der Waals surface area contributed by atoms with E-state index in [-0.39, 0.29) is 6.04 Å². The highest BCUT2D eigenvalue weighted by Crippen LogP contribution is 2.18. The van der Waals surface area contributed by atoms with Gasteiger partial charge in [-0.2, -0.15) is 0 Å². The van der Waals surface area contributed by atoms with E-state index in [9.17, 15) is 8.42 Å². The van der Waals surface area contributed by atoms with E-state index >= 15 is 0 Å². The highest BCUT2D eigenvalue weighted by Gasteiger charge is 2.11. The van der Waals surface area contributed by atoms with E-state index in [1.54, 1.807) is 12.1 Å². The van der Waals surface area contributed by atoms with Gasteiger partial charge in [0.2, 0.25) is 0 Å². The quantitative estimate of drug-likeness (QED) is 0.886. The average molecular weight is 317 g/mol. The van der Waals surface area contributed by atoms with Crippen LogP contribution in [0.1, 0.15) is 36.9 Å². The molecule has 0 bridgehead atoms. The Bertz CT molecular complexity index is 694. The second-order valence-electron chi connectivity index (χ2n) is 5.78. The highest BCUT2D eigenvalue weighted by atomic mass is 32.2. The van der Waals surface area contributed by atoms with Crippen molar-refractivity contribution >= 4 is 9.84 Å². The number of hydrogen-bond acceptors (Lipinski definition) is 3. The third-order valence-electron chi connectivity index (χ3n) is 3.91. The molecule has 118 valence electrons. The molecule has 2 aromatic rings. The van der Waals surface area contributed by atoms with Crippen molar-refractivity contribution in [1.82, 2.24) is 5.32 Å². The molecule has 0 aliphatic carbocycles.